The molecule has 6 heteroatoms. The zero-order valence-electron chi connectivity index (χ0n) is 13.0. The molecule has 0 aliphatic carbocycles. The van der Waals surface area contributed by atoms with Crippen LogP contribution in [0, 0.1) is 0 Å². The minimum absolute atomic E-state index is 0.279. The monoisotopic (exact) mass is 328 g/mol. The number of hydrogen-bond donors (Lipinski definition) is 0. The topological polar surface area (TPSA) is 55.1 Å². The number of nitrogens with zero attached hydrogens (tertiary/aromatic N) is 4. The zero-order valence-corrected chi connectivity index (χ0v) is 13.7. The SMILES string of the molecule is CC(C)N(Cc1nc(-c2ccccn2)no1)c1ccc(Cl)cc1. The van der Waals surface area contributed by atoms with Crippen LogP contribution in [-0.4, -0.2) is 21.2 Å². The van der Waals surface area contributed by atoms with Crippen molar-refractivity contribution in [3.63, 3.8) is 0 Å². The summed E-state index contributed by atoms with van der Waals surface area (Å²) in [6.07, 6.45) is 1.71. The lowest BCUT2D eigenvalue weighted by atomic mass is 10.2. The van der Waals surface area contributed by atoms with Gasteiger partial charge in [0.2, 0.25) is 11.7 Å². The van der Waals surface area contributed by atoms with Gasteiger partial charge in [-0.3, -0.25) is 4.98 Å². The Labute approximate surface area is 139 Å². The fraction of sp³-hybridized carbons (Fsp3) is 0.235. The number of halogens is 1. The highest BCUT2D eigenvalue weighted by molar-refractivity contribution is 6.30. The Morgan fingerprint density at radius 3 is 2.57 bits per heavy atom. The third-order valence-electron chi connectivity index (χ3n) is 3.45. The van der Waals surface area contributed by atoms with Gasteiger partial charge in [-0.25, -0.2) is 0 Å². The highest BCUT2D eigenvalue weighted by Crippen LogP contribution is 2.22. The van der Waals surface area contributed by atoms with E-state index in [2.05, 4.69) is 33.9 Å². The summed E-state index contributed by atoms with van der Waals surface area (Å²) in [4.78, 5) is 10.8. The van der Waals surface area contributed by atoms with Crippen molar-refractivity contribution in [1.82, 2.24) is 15.1 Å². The molecular formula is C17H17ClN4O. The maximum absolute atomic E-state index is 5.96. The molecule has 0 saturated carbocycles. The summed E-state index contributed by atoms with van der Waals surface area (Å²) in [6.45, 7) is 4.76. The third kappa shape index (κ3) is 3.68. The van der Waals surface area contributed by atoms with Gasteiger partial charge in [0.05, 0.1) is 6.54 Å². The fourth-order valence-electron chi connectivity index (χ4n) is 2.27. The first-order chi connectivity index (χ1) is 11.1. The number of hydrogen-bond acceptors (Lipinski definition) is 5. The fourth-order valence-corrected chi connectivity index (χ4v) is 2.39. The van der Waals surface area contributed by atoms with Crippen molar-refractivity contribution in [3.05, 3.63) is 59.6 Å². The highest BCUT2D eigenvalue weighted by atomic mass is 35.5. The molecule has 0 saturated heterocycles. The Balaban J connectivity index is 1.81. The van der Waals surface area contributed by atoms with Crippen LogP contribution in [0.2, 0.25) is 5.02 Å². The summed E-state index contributed by atoms with van der Waals surface area (Å²) < 4.78 is 5.38. The first kappa shape index (κ1) is 15.5. The normalized spacial score (nSPS) is 11.0. The summed E-state index contributed by atoms with van der Waals surface area (Å²) in [5, 5.41) is 4.73. The first-order valence-electron chi connectivity index (χ1n) is 7.39. The van der Waals surface area contributed by atoms with Crippen molar-refractivity contribution in [2.75, 3.05) is 4.90 Å². The molecule has 1 aromatic carbocycles. The average molecular weight is 329 g/mol. The van der Waals surface area contributed by atoms with Crippen molar-refractivity contribution >= 4 is 17.3 Å². The molecule has 0 N–H and O–H groups in total. The molecule has 0 aliphatic rings. The van der Waals surface area contributed by atoms with Crippen LogP contribution in [0.1, 0.15) is 19.7 Å². The molecule has 3 rings (SSSR count). The summed E-state index contributed by atoms with van der Waals surface area (Å²) in [5.41, 5.74) is 1.76. The minimum atomic E-state index is 0.279. The van der Waals surface area contributed by atoms with Crippen LogP contribution in [0.5, 0.6) is 0 Å². The third-order valence-corrected chi connectivity index (χ3v) is 3.70. The second kappa shape index (κ2) is 6.79. The molecular weight excluding hydrogens is 312 g/mol. The average Bonchev–Trinajstić information content (AvgIpc) is 3.03. The van der Waals surface area contributed by atoms with E-state index >= 15 is 0 Å². The molecule has 0 aliphatic heterocycles. The highest BCUT2D eigenvalue weighted by Gasteiger charge is 2.16. The number of anilines is 1. The van der Waals surface area contributed by atoms with E-state index in [0.29, 0.717) is 29.0 Å². The van der Waals surface area contributed by atoms with Gasteiger partial charge in [-0.1, -0.05) is 22.8 Å². The second-order valence-corrected chi connectivity index (χ2v) is 5.86. The Morgan fingerprint density at radius 1 is 1.13 bits per heavy atom. The van der Waals surface area contributed by atoms with Crippen LogP contribution in [0.3, 0.4) is 0 Å². The molecule has 118 valence electrons. The van der Waals surface area contributed by atoms with E-state index in [9.17, 15) is 0 Å². The van der Waals surface area contributed by atoms with E-state index in [4.69, 9.17) is 16.1 Å². The maximum Gasteiger partial charge on any atom is 0.246 e. The first-order valence-corrected chi connectivity index (χ1v) is 7.77. The predicted molar refractivity (Wildman–Crippen MR) is 90.3 cm³/mol. The Bertz CT molecular complexity index is 756. The van der Waals surface area contributed by atoms with Gasteiger partial charge in [0.25, 0.3) is 0 Å². The molecule has 2 heterocycles. The number of aromatic nitrogens is 3. The van der Waals surface area contributed by atoms with Crippen LogP contribution in [0.25, 0.3) is 11.5 Å². The van der Waals surface area contributed by atoms with E-state index in [0.717, 1.165) is 5.69 Å². The maximum atomic E-state index is 5.96. The Hall–Kier alpha value is -2.40. The standard InChI is InChI=1S/C17H17ClN4O/c1-12(2)22(14-8-6-13(18)7-9-14)11-16-20-17(21-23-16)15-5-3-4-10-19-15/h3-10,12H,11H2,1-2H3. The number of benzene rings is 1. The molecule has 3 aromatic rings. The smallest absolute Gasteiger partial charge is 0.246 e. The van der Waals surface area contributed by atoms with E-state index in [-0.39, 0.29) is 6.04 Å². The Morgan fingerprint density at radius 2 is 1.91 bits per heavy atom. The van der Waals surface area contributed by atoms with E-state index in [1.54, 1.807) is 6.20 Å². The van der Waals surface area contributed by atoms with Crippen molar-refractivity contribution in [2.24, 2.45) is 0 Å². The molecule has 0 bridgehead atoms. The van der Waals surface area contributed by atoms with Crippen LogP contribution >= 0.6 is 11.6 Å². The van der Waals surface area contributed by atoms with E-state index < -0.39 is 0 Å². The van der Waals surface area contributed by atoms with Gasteiger partial charge in [-0.2, -0.15) is 4.98 Å². The van der Waals surface area contributed by atoms with Crippen LogP contribution in [-0.2, 0) is 6.54 Å². The summed E-state index contributed by atoms with van der Waals surface area (Å²) in [6, 6.07) is 13.6. The van der Waals surface area contributed by atoms with Crippen molar-refractivity contribution in [1.29, 1.82) is 0 Å². The van der Waals surface area contributed by atoms with Crippen LogP contribution in [0.4, 0.5) is 5.69 Å². The molecule has 0 spiro atoms. The summed E-state index contributed by atoms with van der Waals surface area (Å²) >= 11 is 5.96. The molecule has 0 atom stereocenters. The second-order valence-electron chi connectivity index (χ2n) is 5.42. The largest absolute Gasteiger partial charge is 0.360 e. The van der Waals surface area contributed by atoms with Crippen molar-refractivity contribution in [2.45, 2.75) is 26.4 Å². The zero-order chi connectivity index (χ0) is 16.2. The predicted octanol–water partition coefficient (Wildman–Crippen LogP) is 4.20. The van der Waals surface area contributed by atoms with E-state index in [1.807, 2.05) is 42.5 Å². The lowest BCUT2D eigenvalue weighted by Crippen LogP contribution is -2.30. The molecule has 2 aromatic heterocycles. The van der Waals surface area contributed by atoms with Gasteiger partial charge >= 0.3 is 0 Å². The number of rotatable bonds is 5. The van der Waals surface area contributed by atoms with Gasteiger partial charge in [0.15, 0.2) is 0 Å². The lowest BCUT2D eigenvalue weighted by molar-refractivity contribution is 0.373. The van der Waals surface area contributed by atoms with Gasteiger partial charge in [-0.15, -0.1) is 0 Å². The molecule has 23 heavy (non-hydrogen) atoms. The van der Waals surface area contributed by atoms with E-state index in [1.165, 1.54) is 0 Å². The molecule has 0 unspecified atom stereocenters. The van der Waals surface area contributed by atoms with Crippen LogP contribution < -0.4 is 4.90 Å². The molecule has 0 fully saturated rings. The number of pyridine rings is 1. The van der Waals surface area contributed by atoms with Gasteiger partial charge in [0, 0.05) is 22.9 Å². The lowest BCUT2D eigenvalue weighted by Gasteiger charge is -2.27. The summed E-state index contributed by atoms with van der Waals surface area (Å²) in [5.74, 6) is 1.05. The van der Waals surface area contributed by atoms with Crippen LogP contribution in [0.15, 0.2) is 53.2 Å². The van der Waals surface area contributed by atoms with Crippen molar-refractivity contribution < 1.29 is 4.52 Å². The minimum Gasteiger partial charge on any atom is -0.360 e. The summed E-state index contributed by atoms with van der Waals surface area (Å²) in [7, 11) is 0. The quantitative estimate of drug-likeness (QED) is 0.702. The van der Waals surface area contributed by atoms with Gasteiger partial charge in [-0.05, 0) is 50.2 Å². The molecule has 0 amide bonds. The molecule has 5 nitrogen and oxygen atoms in total. The van der Waals surface area contributed by atoms with Gasteiger partial charge < -0.3 is 9.42 Å². The Kier molecular flexibility index (Phi) is 4.57. The van der Waals surface area contributed by atoms with Crippen molar-refractivity contribution in [3.8, 4) is 11.5 Å². The van der Waals surface area contributed by atoms with Gasteiger partial charge in [0.1, 0.15) is 5.69 Å². The molecule has 0 radical (unpaired) electrons.